The molecule has 1 aromatic rings. The van der Waals surface area contributed by atoms with Crippen molar-refractivity contribution in [3.8, 4) is 0 Å². The summed E-state index contributed by atoms with van der Waals surface area (Å²) >= 11 is 1.76. The van der Waals surface area contributed by atoms with Crippen molar-refractivity contribution in [3.63, 3.8) is 0 Å². The molecule has 0 spiro atoms. The minimum absolute atomic E-state index is 0.0271. The Morgan fingerprint density at radius 1 is 1.30 bits per heavy atom. The molecular formula is C17H27N3O2S. The third-order valence-corrected chi connectivity index (χ3v) is 5.06. The van der Waals surface area contributed by atoms with E-state index in [1.165, 1.54) is 22.6 Å². The molecule has 1 fully saturated rings. The first-order valence-electron chi connectivity index (χ1n) is 8.42. The van der Waals surface area contributed by atoms with Crippen molar-refractivity contribution in [2.24, 2.45) is 0 Å². The van der Waals surface area contributed by atoms with Crippen molar-refractivity contribution in [1.82, 2.24) is 16.0 Å². The molecule has 23 heavy (non-hydrogen) atoms. The van der Waals surface area contributed by atoms with Gasteiger partial charge >= 0.3 is 6.03 Å². The van der Waals surface area contributed by atoms with E-state index in [1.807, 2.05) is 6.92 Å². The third kappa shape index (κ3) is 6.60. The van der Waals surface area contributed by atoms with Gasteiger partial charge in [-0.15, -0.1) is 11.3 Å². The predicted octanol–water partition coefficient (Wildman–Crippen LogP) is 2.74. The lowest BCUT2D eigenvalue weighted by molar-refractivity contribution is -0.121. The number of hydrogen-bond donors (Lipinski definition) is 3. The normalized spacial score (nSPS) is 16.1. The highest BCUT2D eigenvalue weighted by Gasteiger charge is 2.17. The van der Waals surface area contributed by atoms with Gasteiger partial charge in [0.15, 0.2) is 0 Å². The molecule has 128 valence electrons. The van der Waals surface area contributed by atoms with E-state index < -0.39 is 0 Å². The Bertz CT molecular complexity index is 524. The summed E-state index contributed by atoms with van der Waals surface area (Å²) in [7, 11) is 0. The number of nitrogens with one attached hydrogen (secondary N) is 3. The van der Waals surface area contributed by atoms with Crippen LogP contribution in [0.3, 0.4) is 0 Å². The lowest BCUT2D eigenvalue weighted by atomic mass is 10.2. The molecule has 1 heterocycles. The molecule has 1 aliphatic rings. The third-order valence-electron chi connectivity index (χ3n) is 4.04. The summed E-state index contributed by atoms with van der Waals surface area (Å²) in [6.07, 6.45) is 5.73. The Balaban J connectivity index is 1.57. The first-order valence-corrected chi connectivity index (χ1v) is 9.23. The first-order chi connectivity index (χ1) is 11.0. The standard InChI is InChI=1S/C17H27N3O2S/c1-12(11-15-8-7-13(2)23-15)19-17(22)18-10-9-16(21)20-14-5-3-4-6-14/h7-8,12,14H,3-6,9-11H2,1-2H3,(H,20,21)(H2,18,19,22). The van der Waals surface area contributed by atoms with Crippen LogP contribution in [0.5, 0.6) is 0 Å². The van der Waals surface area contributed by atoms with Gasteiger partial charge in [0.1, 0.15) is 0 Å². The average Bonchev–Trinajstić information content (AvgIpc) is 3.10. The minimum Gasteiger partial charge on any atom is -0.353 e. The molecule has 1 aromatic heterocycles. The second-order valence-corrected chi connectivity index (χ2v) is 7.69. The number of carbonyl (C=O) groups is 2. The van der Waals surface area contributed by atoms with E-state index in [9.17, 15) is 9.59 Å². The molecule has 3 N–H and O–H groups in total. The van der Waals surface area contributed by atoms with Crippen LogP contribution in [0.4, 0.5) is 4.79 Å². The minimum atomic E-state index is -0.209. The van der Waals surface area contributed by atoms with E-state index in [-0.39, 0.29) is 18.0 Å². The lowest BCUT2D eigenvalue weighted by Gasteiger charge is -2.15. The van der Waals surface area contributed by atoms with Crippen LogP contribution in [0.15, 0.2) is 12.1 Å². The van der Waals surface area contributed by atoms with Crippen LogP contribution in [0.25, 0.3) is 0 Å². The van der Waals surface area contributed by atoms with E-state index in [2.05, 4.69) is 35.0 Å². The van der Waals surface area contributed by atoms with Crippen molar-refractivity contribution in [3.05, 3.63) is 21.9 Å². The summed E-state index contributed by atoms with van der Waals surface area (Å²) < 4.78 is 0. The lowest BCUT2D eigenvalue weighted by Crippen LogP contribution is -2.43. The van der Waals surface area contributed by atoms with Crippen molar-refractivity contribution in [2.45, 2.75) is 64.5 Å². The van der Waals surface area contributed by atoms with E-state index in [1.54, 1.807) is 11.3 Å². The van der Waals surface area contributed by atoms with Gasteiger partial charge in [-0.25, -0.2) is 4.79 Å². The van der Waals surface area contributed by atoms with Crippen LogP contribution >= 0.6 is 11.3 Å². The van der Waals surface area contributed by atoms with Crippen molar-refractivity contribution in [2.75, 3.05) is 6.54 Å². The maximum absolute atomic E-state index is 11.8. The Labute approximate surface area is 142 Å². The summed E-state index contributed by atoms with van der Waals surface area (Å²) in [5, 5.41) is 8.68. The van der Waals surface area contributed by atoms with Crippen LogP contribution in [-0.4, -0.2) is 30.6 Å². The predicted molar refractivity (Wildman–Crippen MR) is 93.8 cm³/mol. The second kappa shape index (κ2) is 8.91. The van der Waals surface area contributed by atoms with Crippen LogP contribution < -0.4 is 16.0 Å². The monoisotopic (exact) mass is 337 g/mol. The Morgan fingerprint density at radius 3 is 2.70 bits per heavy atom. The van der Waals surface area contributed by atoms with E-state index in [0.29, 0.717) is 19.0 Å². The fourth-order valence-corrected chi connectivity index (χ4v) is 3.90. The molecule has 0 bridgehead atoms. The topological polar surface area (TPSA) is 70.2 Å². The maximum Gasteiger partial charge on any atom is 0.315 e. The molecule has 2 rings (SSSR count). The first kappa shape index (κ1) is 17.8. The Hall–Kier alpha value is -1.56. The van der Waals surface area contributed by atoms with Crippen LogP contribution in [0, 0.1) is 6.92 Å². The summed E-state index contributed by atoms with van der Waals surface area (Å²) in [5.41, 5.74) is 0. The quantitative estimate of drug-likeness (QED) is 0.716. The molecule has 1 aliphatic carbocycles. The van der Waals surface area contributed by atoms with Crippen LogP contribution in [0.2, 0.25) is 0 Å². The summed E-state index contributed by atoms with van der Waals surface area (Å²) in [5.74, 6) is 0.0271. The zero-order valence-electron chi connectivity index (χ0n) is 14.0. The molecule has 0 aromatic carbocycles. The number of aryl methyl sites for hydroxylation is 1. The van der Waals surface area contributed by atoms with Gasteiger partial charge in [-0.2, -0.15) is 0 Å². The van der Waals surface area contributed by atoms with Gasteiger partial charge in [0.25, 0.3) is 0 Å². The Morgan fingerprint density at radius 2 is 2.04 bits per heavy atom. The molecule has 1 saturated carbocycles. The van der Waals surface area contributed by atoms with E-state index in [0.717, 1.165) is 19.3 Å². The molecule has 0 aliphatic heterocycles. The summed E-state index contributed by atoms with van der Waals surface area (Å²) in [6, 6.07) is 4.39. The van der Waals surface area contributed by atoms with E-state index >= 15 is 0 Å². The fourth-order valence-electron chi connectivity index (χ4n) is 2.88. The smallest absolute Gasteiger partial charge is 0.315 e. The average molecular weight is 337 g/mol. The number of amides is 3. The highest BCUT2D eigenvalue weighted by molar-refractivity contribution is 7.11. The molecule has 5 nitrogen and oxygen atoms in total. The molecule has 6 heteroatoms. The number of hydrogen-bond acceptors (Lipinski definition) is 3. The molecule has 1 unspecified atom stereocenters. The van der Waals surface area contributed by atoms with Gasteiger partial charge in [-0.1, -0.05) is 12.8 Å². The van der Waals surface area contributed by atoms with Gasteiger partial charge in [0.05, 0.1) is 0 Å². The van der Waals surface area contributed by atoms with Gasteiger partial charge in [-0.3, -0.25) is 4.79 Å². The SMILES string of the molecule is Cc1ccc(CC(C)NC(=O)NCCC(=O)NC2CCCC2)s1. The largest absolute Gasteiger partial charge is 0.353 e. The van der Waals surface area contributed by atoms with Crippen LogP contribution in [-0.2, 0) is 11.2 Å². The van der Waals surface area contributed by atoms with Gasteiger partial charge in [0, 0.05) is 41.2 Å². The van der Waals surface area contributed by atoms with Crippen molar-refractivity contribution in [1.29, 1.82) is 0 Å². The highest BCUT2D eigenvalue weighted by Crippen LogP contribution is 2.17. The zero-order chi connectivity index (χ0) is 16.7. The van der Waals surface area contributed by atoms with Gasteiger partial charge < -0.3 is 16.0 Å². The summed E-state index contributed by atoms with van der Waals surface area (Å²) in [6.45, 7) is 4.44. The molecular weight excluding hydrogens is 310 g/mol. The highest BCUT2D eigenvalue weighted by atomic mass is 32.1. The number of urea groups is 1. The molecule has 1 atom stereocenters. The van der Waals surface area contributed by atoms with Gasteiger partial charge in [-0.05, 0) is 38.8 Å². The Kier molecular flexibility index (Phi) is 6.89. The molecule has 0 radical (unpaired) electrons. The second-order valence-electron chi connectivity index (χ2n) is 6.32. The number of carbonyl (C=O) groups excluding carboxylic acids is 2. The zero-order valence-corrected chi connectivity index (χ0v) is 14.8. The van der Waals surface area contributed by atoms with Gasteiger partial charge in [0.2, 0.25) is 5.91 Å². The van der Waals surface area contributed by atoms with E-state index in [4.69, 9.17) is 0 Å². The summed E-state index contributed by atoms with van der Waals surface area (Å²) in [4.78, 5) is 26.1. The van der Waals surface area contributed by atoms with Crippen molar-refractivity contribution < 1.29 is 9.59 Å². The number of thiophene rings is 1. The molecule has 3 amide bonds. The fraction of sp³-hybridized carbons (Fsp3) is 0.647. The van der Waals surface area contributed by atoms with Crippen molar-refractivity contribution >= 4 is 23.3 Å². The molecule has 0 saturated heterocycles. The maximum atomic E-state index is 11.8. The number of rotatable bonds is 7. The van der Waals surface area contributed by atoms with Crippen LogP contribution in [0.1, 0.15) is 48.8 Å².